The van der Waals surface area contributed by atoms with Crippen LogP contribution >= 0.6 is 0 Å². The maximum absolute atomic E-state index is 13.8. The van der Waals surface area contributed by atoms with E-state index in [1.54, 1.807) is 6.07 Å². The number of hydrogen-bond donors (Lipinski definition) is 1. The molecule has 18 heavy (non-hydrogen) atoms. The van der Waals surface area contributed by atoms with Crippen molar-refractivity contribution in [2.45, 2.75) is 33.2 Å². The highest BCUT2D eigenvalue weighted by atomic mass is 19.1. The fraction of sp³-hybridized carbons (Fsp3) is 0.600. The lowest BCUT2D eigenvalue weighted by molar-refractivity contribution is 0.480. The van der Waals surface area contributed by atoms with Crippen molar-refractivity contribution in [2.75, 3.05) is 24.5 Å². The number of rotatable bonds is 4. The van der Waals surface area contributed by atoms with Gasteiger partial charge < -0.3 is 10.2 Å². The van der Waals surface area contributed by atoms with Gasteiger partial charge in [0.05, 0.1) is 5.69 Å². The van der Waals surface area contributed by atoms with E-state index in [0.29, 0.717) is 12.0 Å². The fourth-order valence-electron chi connectivity index (χ4n) is 2.49. The first-order chi connectivity index (χ1) is 8.56. The molecule has 1 atom stereocenters. The quantitative estimate of drug-likeness (QED) is 0.884. The zero-order chi connectivity index (χ0) is 13.1. The van der Waals surface area contributed by atoms with E-state index in [9.17, 15) is 4.39 Å². The molecule has 3 heteroatoms. The van der Waals surface area contributed by atoms with Crippen LogP contribution in [-0.2, 0) is 0 Å². The normalized spacial score (nSPS) is 19.8. The molecule has 0 aromatic heterocycles. The summed E-state index contributed by atoms with van der Waals surface area (Å²) in [5, 5.41) is 3.47. The minimum atomic E-state index is -0.0990. The smallest absolute Gasteiger partial charge is 0.146 e. The molecule has 2 nitrogen and oxygen atoms in total. The van der Waals surface area contributed by atoms with Crippen molar-refractivity contribution >= 4 is 5.69 Å². The van der Waals surface area contributed by atoms with Gasteiger partial charge in [-0.1, -0.05) is 19.9 Å². The molecular weight excluding hydrogens is 227 g/mol. The highest BCUT2D eigenvalue weighted by Gasteiger charge is 2.24. The van der Waals surface area contributed by atoms with Crippen LogP contribution in [0.2, 0.25) is 0 Å². The van der Waals surface area contributed by atoms with Gasteiger partial charge in [0.1, 0.15) is 5.82 Å². The molecule has 0 bridgehead atoms. The molecule has 0 radical (unpaired) electrons. The van der Waals surface area contributed by atoms with Crippen LogP contribution in [0.25, 0.3) is 0 Å². The number of nitrogens with zero attached hydrogens (tertiary/aromatic N) is 1. The van der Waals surface area contributed by atoms with Gasteiger partial charge in [-0.2, -0.15) is 0 Å². The lowest BCUT2D eigenvalue weighted by atomic mass is 10.1. The molecule has 1 saturated heterocycles. The number of anilines is 1. The summed E-state index contributed by atoms with van der Waals surface area (Å²) >= 11 is 0. The predicted molar refractivity (Wildman–Crippen MR) is 74.6 cm³/mol. The molecule has 1 aromatic carbocycles. The zero-order valence-corrected chi connectivity index (χ0v) is 11.5. The topological polar surface area (TPSA) is 15.3 Å². The van der Waals surface area contributed by atoms with Gasteiger partial charge in [0.2, 0.25) is 0 Å². The second-order valence-electron chi connectivity index (χ2n) is 5.62. The summed E-state index contributed by atoms with van der Waals surface area (Å²) in [6, 6.07) is 5.87. The van der Waals surface area contributed by atoms with Crippen molar-refractivity contribution in [3.8, 4) is 0 Å². The summed E-state index contributed by atoms with van der Waals surface area (Å²) in [5.41, 5.74) is 1.89. The Bertz CT molecular complexity index is 403. The third-order valence-corrected chi connectivity index (χ3v) is 3.54. The average molecular weight is 250 g/mol. The Labute approximate surface area is 109 Å². The molecule has 2 rings (SSSR count). The molecular formula is C15H23FN2. The molecule has 0 amide bonds. The standard InChI is InChI=1S/C15H23FN2/c1-11(2)17-9-13-6-7-18(10-13)15-8-12(3)4-5-14(15)16/h4-5,8,11,13,17H,6-7,9-10H2,1-3H3. The van der Waals surface area contributed by atoms with E-state index in [1.807, 2.05) is 19.1 Å². The number of benzene rings is 1. The van der Waals surface area contributed by atoms with Gasteiger partial charge in [-0.15, -0.1) is 0 Å². The van der Waals surface area contributed by atoms with Crippen LogP contribution in [0.1, 0.15) is 25.8 Å². The molecule has 1 aromatic rings. The molecule has 0 spiro atoms. The van der Waals surface area contributed by atoms with E-state index >= 15 is 0 Å². The van der Waals surface area contributed by atoms with Crippen LogP contribution in [0.4, 0.5) is 10.1 Å². The first kappa shape index (κ1) is 13.3. The minimum Gasteiger partial charge on any atom is -0.369 e. The molecule has 1 N–H and O–H groups in total. The van der Waals surface area contributed by atoms with Crippen LogP contribution in [-0.4, -0.2) is 25.7 Å². The molecule has 1 unspecified atom stereocenters. The third kappa shape index (κ3) is 3.22. The van der Waals surface area contributed by atoms with E-state index in [1.165, 1.54) is 0 Å². The van der Waals surface area contributed by atoms with E-state index in [4.69, 9.17) is 0 Å². The van der Waals surface area contributed by atoms with Gasteiger partial charge in [-0.05, 0) is 43.5 Å². The Hall–Kier alpha value is -1.09. The van der Waals surface area contributed by atoms with Crippen molar-refractivity contribution < 1.29 is 4.39 Å². The molecule has 1 aliphatic rings. The summed E-state index contributed by atoms with van der Waals surface area (Å²) in [7, 11) is 0. The maximum atomic E-state index is 13.8. The highest BCUT2D eigenvalue weighted by molar-refractivity contribution is 5.50. The average Bonchev–Trinajstić information content (AvgIpc) is 2.78. The lowest BCUT2D eigenvalue weighted by Crippen LogP contribution is -2.30. The summed E-state index contributed by atoms with van der Waals surface area (Å²) < 4.78 is 13.8. The zero-order valence-electron chi connectivity index (χ0n) is 11.5. The second kappa shape index (κ2) is 5.70. The van der Waals surface area contributed by atoms with Crippen LogP contribution in [0.15, 0.2) is 18.2 Å². The van der Waals surface area contributed by atoms with Gasteiger partial charge >= 0.3 is 0 Å². The summed E-state index contributed by atoms with van der Waals surface area (Å²) in [5.74, 6) is 0.533. The summed E-state index contributed by atoms with van der Waals surface area (Å²) in [4.78, 5) is 2.18. The molecule has 0 saturated carbocycles. The van der Waals surface area contributed by atoms with Crippen molar-refractivity contribution in [1.29, 1.82) is 0 Å². The van der Waals surface area contributed by atoms with Crippen LogP contribution in [0, 0.1) is 18.7 Å². The fourth-order valence-corrected chi connectivity index (χ4v) is 2.49. The van der Waals surface area contributed by atoms with Gasteiger partial charge in [0, 0.05) is 19.1 Å². The second-order valence-corrected chi connectivity index (χ2v) is 5.62. The molecule has 0 aliphatic carbocycles. The van der Waals surface area contributed by atoms with Crippen LogP contribution in [0.5, 0.6) is 0 Å². The van der Waals surface area contributed by atoms with Gasteiger partial charge in [-0.25, -0.2) is 4.39 Å². The minimum absolute atomic E-state index is 0.0990. The highest BCUT2D eigenvalue weighted by Crippen LogP contribution is 2.26. The Kier molecular flexibility index (Phi) is 4.23. The molecule has 1 fully saturated rings. The predicted octanol–water partition coefficient (Wildman–Crippen LogP) is 2.96. The van der Waals surface area contributed by atoms with E-state index in [-0.39, 0.29) is 5.82 Å². The van der Waals surface area contributed by atoms with Crippen molar-refractivity contribution in [3.05, 3.63) is 29.6 Å². The van der Waals surface area contributed by atoms with Crippen molar-refractivity contribution in [2.24, 2.45) is 5.92 Å². The van der Waals surface area contributed by atoms with E-state index in [0.717, 1.165) is 37.3 Å². The third-order valence-electron chi connectivity index (χ3n) is 3.54. The number of aryl methyl sites for hydroxylation is 1. The molecule has 1 heterocycles. The Morgan fingerprint density at radius 3 is 2.94 bits per heavy atom. The Morgan fingerprint density at radius 1 is 1.44 bits per heavy atom. The SMILES string of the molecule is Cc1ccc(F)c(N2CCC(CNC(C)C)C2)c1. The first-order valence-corrected chi connectivity index (χ1v) is 6.80. The van der Waals surface area contributed by atoms with Gasteiger partial charge in [0.15, 0.2) is 0 Å². The Balaban J connectivity index is 1.97. The summed E-state index contributed by atoms with van der Waals surface area (Å²) in [6.45, 7) is 9.28. The number of nitrogens with one attached hydrogen (secondary N) is 1. The molecule has 100 valence electrons. The Morgan fingerprint density at radius 2 is 2.22 bits per heavy atom. The monoisotopic (exact) mass is 250 g/mol. The number of halogens is 1. The van der Waals surface area contributed by atoms with Crippen molar-refractivity contribution in [3.63, 3.8) is 0 Å². The maximum Gasteiger partial charge on any atom is 0.146 e. The first-order valence-electron chi connectivity index (χ1n) is 6.80. The largest absolute Gasteiger partial charge is 0.369 e. The van der Waals surface area contributed by atoms with E-state index < -0.39 is 0 Å². The van der Waals surface area contributed by atoms with Crippen LogP contribution < -0.4 is 10.2 Å². The molecule has 1 aliphatic heterocycles. The van der Waals surface area contributed by atoms with Gasteiger partial charge in [-0.3, -0.25) is 0 Å². The van der Waals surface area contributed by atoms with Crippen molar-refractivity contribution in [1.82, 2.24) is 5.32 Å². The van der Waals surface area contributed by atoms with Crippen LogP contribution in [0.3, 0.4) is 0 Å². The van der Waals surface area contributed by atoms with Gasteiger partial charge in [0.25, 0.3) is 0 Å². The lowest BCUT2D eigenvalue weighted by Gasteiger charge is -2.20. The number of hydrogen-bond acceptors (Lipinski definition) is 2. The summed E-state index contributed by atoms with van der Waals surface area (Å²) in [6.07, 6.45) is 1.15. The van der Waals surface area contributed by atoms with E-state index in [2.05, 4.69) is 24.1 Å².